The molecular formula is C18H21N5O. The minimum atomic E-state index is 0.283. The number of rotatable bonds is 5. The molecule has 0 bridgehead atoms. The quantitative estimate of drug-likeness (QED) is 0.733. The van der Waals surface area contributed by atoms with Crippen molar-refractivity contribution in [2.75, 3.05) is 25.0 Å². The Morgan fingerprint density at radius 3 is 3.04 bits per heavy atom. The molecule has 1 amide bonds. The molecule has 1 fully saturated rings. The summed E-state index contributed by atoms with van der Waals surface area (Å²) in [5.74, 6) is 1.08. The van der Waals surface area contributed by atoms with Gasteiger partial charge in [-0.2, -0.15) is 5.10 Å². The lowest BCUT2D eigenvalue weighted by molar-refractivity contribution is -0.127. The molecule has 6 nitrogen and oxygen atoms in total. The standard InChI is InChI=1S/C18H21N5O/c1-13-15-12-14-6-2-3-11-23(14)17(15)18(21-20-13)19-8-5-10-22-9-4-7-16(22)24/h2-3,6,11-12H,4-5,7-10H2,1H3,(H,19,21). The third kappa shape index (κ3) is 2.58. The summed E-state index contributed by atoms with van der Waals surface area (Å²) in [6.45, 7) is 4.47. The van der Waals surface area contributed by atoms with Crippen LogP contribution in [0.15, 0.2) is 30.5 Å². The van der Waals surface area contributed by atoms with Crippen molar-refractivity contribution in [2.24, 2.45) is 0 Å². The highest BCUT2D eigenvalue weighted by Crippen LogP contribution is 2.26. The van der Waals surface area contributed by atoms with Crippen LogP contribution in [0.2, 0.25) is 0 Å². The maximum absolute atomic E-state index is 11.6. The predicted molar refractivity (Wildman–Crippen MR) is 94.2 cm³/mol. The lowest BCUT2D eigenvalue weighted by Gasteiger charge is -2.15. The van der Waals surface area contributed by atoms with E-state index in [1.54, 1.807) is 0 Å². The number of hydrogen-bond acceptors (Lipinski definition) is 4. The van der Waals surface area contributed by atoms with Crippen LogP contribution >= 0.6 is 0 Å². The van der Waals surface area contributed by atoms with E-state index in [0.29, 0.717) is 6.42 Å². The van der Waals surface area contributed by atoms with Gasteiger partial charge in [0, 0.05) is 43.2 Å². The van der Waals surface area contributed by atoms with Gasteiger partial charge in [-0.3, -0.25) is 4.79 Å². The predicted octanol–water partition coefficient (Wildman–Crippen LogP) is 2.62. The number of nitrogens with zero attached hydrogens (tertiary/aromatic N) is 4. The van der Waals surface area contributed by atoms with Crippen LogP contribution in [0.5, 0.6) is 0 Å². The van der Waals surface area contributed by atoms with E-state index < -0.39 is 0 Å². The fourth-order valence-electron chi connectivity index (χ4n) is 3.40. The van der Waals surface area contributed by atoms with Crippen molar-refractivity contribution < 1.29 is 4.79 Å². The third-order valence-electron chi connectivity index (χ3n) is 4.66. The molecule has 0 aliphatic carbocycles. The van der Waals surface area contributed by atoms with Gasteiger partial charge in [-0.25, -0.2) is 0 Å². The molecule has 124 valence electrons. The Labute approximate surface area is 140 Å². The molecule has 1 aliphatic heterocycles. The maximum atomic E-state index is 11.6. The van der Waals surface area contributed by atoms with Gasteiger partial charge in [0.2, 0.25) is 5.91 Å². The summed E-state index contributed by atoms with van der Waals surface area (Å²) >= 11 is 0. The summed E-state index contributed by atoms with van der Waals surface area (Å²) in [6.07, 6.45) is 4.65. The fourth-order valence-corrected chi connectivity index (χ4v) is 3.40. The molecule has 0 aromatic carbocycles. The number of anilines is 1. The van der Waals surface area contributed by atoms with Crippen molar-refractivity contribution in [1.82, 2.24) is 19.5 Å². The molecule has 0 saturated carbocycles. The summed E-state index contributed by atoms with van der Waals surface area (Å²) in [6, 6.07) is 8.28. The summed E-state index contributed by atoms with van der Waals surface area (Å²) in [5, 5.41) is 13.1. The molecule has 1 saturated heterocycles. The number of fused-ring (bicyclic) bond motifs is 3. The summed E-state index contributed by atoms with van der Waals surface area (Å²) in [5.41, 5.74) is 3.13. The van der Waals surface area contributed by atoms with Gasteiger partial charge in [0.1, 0.15) is 0 Å². The normalized spacial score (nSPS) is 14.9. The molecule has 0 unspecified atom stereocenters. The SMILES string of the molecule is Cc1nnc(NCCCN2CCCC2=O)c2c1cc1ccccn12. The number of likely N-dealkylation sites (tertiary alicyclic amines) is 1. The molecule has 3 aromatic heterocycles. The zero-order valence-corrected chi connectivity index (χ0v) is 13.8. The topological polar surface area (TPSA) is 62.5 Å². The van der Waals surface area contributed by atoms with E-state index in [1.165, 1.54) is 0 Å². The van der Waals surface area contributed by atoms with Gasteiger partial charge in [-0.1, -0.05) is 6.07 Å². The molecule has 1 aliphatic rings. The van der Waals surface area contributed by atoms with Crippen molar-refractivity contribution in [2.45, 2.75) is 26.2 Å². The lowest BCUT2D eigenvalue weighted by atomic mass is 10.2. The van der Waals surface area contributed by atoms with Crippen molar-refractivity contribution in [3.05, 3.63) is 36.2 Å². The van der Waals surface area contributed by atoms with Crippen LogP contribution in [0.4, 0.5) is 5.82 Å². The second-order valence-corrected chi connectivity index (χ2v) is 6.30. The maximum Gasteiger partial charge on any atom is 0.222 e. The smallest absolute Gasteiger partial charge is 0.222 e. The molecule has 0 spiro atoms. The Balaban J connectivity index is 1.53. The number of hydrogen-bond donors (Lipinski definition) is 1. The van der Waals surface area contributed by atoms with Gasteiger partial charge in [-0.05, 0) is 38.0 Å². The molecule has 1 N–H and O–H groups in total. The van der Waals surface area contributed by atoms with E-state index in [2.05, 4.69) is 32.0 Å². The van der Waals surface area contributed by atoms with Crippen LogP contribution in [0.3, 0.4) is 0 Å². The van der Waals surface area contributed by atoms with Gasteiger partial charge in [0.05, 0.1) is 11.2 Å². The molecule has 0 radical (unpaired) electrons. The Bertz CT molecular complexity index is 901. The van der Waals surface area contributed by atoms with E-state index in [1.807, 2.05) is 30.2 Å². The number of aryl methyl sites for hydroxylation is 1. The molecular weight excluding hydrogens is 302 g/mol. The highest BCUT2D eigenvalue weighted by molar-refractivity contribution is 5.95. The summed E-state index contributed by atoms with van der Waals surface area (Å²) in [7, 11) is 0. The first-order chi connectivity index (χ1) is 11.7. The second-order valence-electron chi connectivity index (χ2n) is 6.30. The third-order valence-corrected chi connectivity index (χ3v) is 4.66. The van der Waals surface area contributed by atoms with E-state index >= 15 is 0 Å². The average Bonchev–Trinajstić information content (AvgIpc) is 3.18. The summed E-state index contributed by atoms with van der Waals surface area (Å²) < 4.78 is 2.14. The van der Waals surface area contributed by atoms with E-state index in [9.17, 15) is 4.79 Å². The molecule has 24 heavy (non-hydrogen) atoms. The number of nitrogens with one attached hydrogen (secondary N) is 1. The van der Waals surface area contributed by atoms with Crippen molar-refractivity contribution in [3.63, 3.8) is 0 Å². The molecule has 6 heteroatoms. The summed E-state index contributed by atoms with van der Waals surface area (Å²) in [4.78, 5) is 13.6. The number of pyridine rings is 1. The first-order valence-electron chi connectivity index (χ1n) is 8.49. The average molecular weight is 323 g/mol. The lowest BCUT2D eigenvalue weighted by Crippen LogP contribution is -2.27. The van der Waals surface area contributed by atoms with E-state index in [-0.39, 0.29) is 5.91 Å². The highest BCUT2D eigenvalue weighted by atomic mass is 16.2. The van der Waals surface area contributed by atoms with Crippen molar-refractivity contribution in [3.8, 4) is 0 Å². The van der Waals surface area contributed by atoms with Gasteiger partial charge in [0.15, 0.2) is 5.82 Å². The van der Waals surface area contributed by atoms with Crippen molar-refractivity contribution >= 4 is 28.1 Å². The highest BCUT2D eigenvalue weighted by Gasteiger charge is 2.19. The van der Waals surface area contributed by atoms with Crippen LogP contribution in [-0.4, -0.2) is 45.0 Å². The van der Waals surface area contributed by atoms with Crippen LogP contribution in [-0.2, 0) is 4.79 Å². The van der Waals surface area contributed by atoms with Crippen LogP contribution < -0.4 is 5.32 Å². The first kappa shape index (κ1) is 14.9. The van der Waals surface area contributed by atoms with Gasteiger partial charge < -0.3 is 14.6 Å². The van der Waals surface area contributed by atoms with Crippen LogP contribution in [0.25, 0.3) is 16.4 Å². The molecule has 4 heterocycles. The number of amides is 1. The zero-order chi connectivity index (χ0) is 16.5. The van der Waals surface area contributed by atoms with Gasteiger partial charge in [-0.15, -0.1) is 5.10 Å². The minimum absolute atomic E-state index is 0.283. The number of carbonyl (C=O) groups excluding carboxylic acids is 1. The van der Waals surface area contributed by atoms with Crippen LogP contribution in [0, 0.1) is 6.92 Å². The van der Waals surface area contributed by atoms with Crippen molar-refractivity contribution in [1.29, 1.82) is 0 Å². The Kier molecular flexibility index (Phi) is 3.80. The zero-order valence-electron chi connectivity index (χ0n) is 13.8. The monoisotopic (exact) mass is 323 g/mol. The first-order valence-corrected chi connectivity index (χ1v) is 8.49. The Hall–Kier alpha value is -2.63. The van der Waals surface area contributed by atoms with E-state index in [0.717, 1.165) is 60.4 Å². The largest absolute Gasteiger partial charge is 0.367 e. The molecule has 0 atom stereocenters. The minimum Gasteiger partial charge on any atom is -0.367 e. The number of carbonyl (C=O) groups is 1. The van der Waals surface area contributed by atoms with Crippen LogP contribution in [0.1, 0.15) is 25.0 Å². The molecule has 3 aromatic rings. The fraction of sp³-hybridized carbons (Fsp3) is 0.389. The van der Waals surface area contributed by atoms with E-state index in [4.69, 9.17) is 0 Å². The number of aromatic nitrogens is 3. The van der Waals surface area contributed by atoms with Gasteiger partial charge in [0.25, 0.3) is 0 Å². The van der Waals surface area contributed by atoms with Gasteiger partial charge >= 0.3 is 0 Å². The second kappa shape index (κ2) is 6.11. The molecule has 4 rings (SSSR count). The Morgan fingerprint density at radius 2 is 2.21 bits per heavy atom. The Morgan fingerprint density at radius 1 is 1.29 bits per heavy atom.